The second-order valence-corrected chi connectivity index (χ2v) is 3.06. The third-order valence-corrected chi connectivity index (χ3v) is 2.28. The van der Waals surface area contributed by atoms with E-state index in [0.29, 0.717) is 0 Å². The third kappa shape index (κ3) is 3.24. The number of aromatic nitrogens is 2. The molecule has 2 aromatic heterocycles. The van der Waals surface area contributed by atoms with Crippen LogP contribution in [0.2, 0.25) is 5.02 Å². The van der Waals surface area contributed by atoms with E-state index in [0.717, 1.165) is 22.5 Å². The normalized spacial score (nSPS) is 8.88. The van der Waals surface area contributed by atoms with Crippen LogP contribution >= 0.6 is 11.6 Å². The van der Waals surface area contributed by atoms with Gasteiger partial charge in [0.2, 0.25) is 0 Å². The molecule has 16 heavy (non-hydrogen) atoms. The molecule has 2 aromatic rings. The largest absolute Gasteiger partial charge is 0.346 e. The molecule has 0 aliphatic rings. The van der Waals surface area contributed by atoms with Crippen LogP contribution in [-0.2, 0) is 6.54 Å². The molecule has 2 heterocycles. The van der Waals surface area contributed by atoms with Gasteiger partial charge < -0.3 is 4.57 Å². The summed E-state index contributed by atoms with van der Waals surface area (Å²) in [6.07, 6.45) is 5.52. The molecule has 0 saturated heterocycles. The van der Waals surface area contributed by atoms with Gasteiger partial charge in [-0.3, -0.25) is 4.98 Å². The van der Waals surface area contributed by atoms with Crippen LogP contribution in [0.15, 0.2) is 24.7 Å². The molecule has 2 rings (SSSR count). The fourth-order valence-electron chi connectivity index (χ4n) is 1.36. The zero-order valence-electron chi connectivity index (χ0n) is 10.8. The van der Waals surface area contributed by atoms with Crippen molar-refractivity contribution in [2.45, 2.75) is 41.2 Å². The molecule has 0 fully saturated rings. The van der Waals surface area contributed by atoms with Gasteiger partial charge in [-0.2, -0.15) is 0 Å². The van der Waals surface area contributed by atoms with Gasteiger partial charge in [-0.1, -0.05) is 39.3 Å². The van der Waals surface area contributed by atoms with Crippen molar-refractivity contribution in [1.82, 2.24) is 9.55 Å². The number of pyridine rings is 1. The maximum absolute atomic E-state index is 6.00. The summed E-state index contributed by atoms with van der Waals surface area (Å²) < 4.78 is 2.11. The van der Waals surface area contributed by atoms with Crippen LogP contribution in [0.3, 0.4) is 0 Å². The maximum Gasteiger partial charge on any atom is 0.0677 e. The van der Waals surface area contributed by atoms with E-state index in [1.165, 1.54) is 0 Å². The van der Waals surface area contributed by atoms with Crippen LogP contribution in [0.5, 0.6) is 0 Å². The Hall–Kier alpha value is -1.02. The Morgan fingerprint density at radius 3 is 2.44 bits per heavy atom. The highest BCUT2D eigenvalue weighted by Gasteiger charge is 2.03. The Balaban J connectivity index is 0.000000509. The summed E-state index contributed by atoms with van der Waals surface area (Å²) in [6, 6.07) is 1.98. The Morgan fingerprint density at radius 1 is 1.25 bits per heavy atom. The molecule has 0 amide bonds. The SMILES string of the molecule is CC.CC.CCn1cc(Cl)c2cnccc21. The number of halogens is 1. The second-order valence-electron chi connectivity index (χ2n) is 2.66. The summed E-state index contributed by atoms with van der Waals surface area (Å²) in [4.78, 5) is 4.02. The summed E-state index contributed by atoms with van der Waals surface area (Å²) in [6.45, 7) is 11.0. The summed E-state index contributed by atoms with van der Waals surface area (Å²) >= 11 is 6.00. The predicted octanol–water partition coefficient (Wildman–Crippen LogP) is 4.76. The molecule has 0 aliphatic carbocycles. The first-order chi connectivity index (χ1) is 7.83. The van der Waals surface area contributed by atoms with Crippen LogP contribution in [0.4, 0.5) is 0 Å². The smallest absolute Gasteiger partial charge is 0.0677 e. The number of fused-ring (bicyclic) bond motifs is 1. The Bertz CT molecular complexity index is 407. The maximum atomic E-state index is 6.00. The lowest BCUT2D eigenvalue weighted by Gasteiger charge is -1.97. The number of hydrogen-bond donors (Lipinski definition) is 0. The van der Waals surface area contributed by atoms with Gasteiger partial charge in [-0.05, 0) is 13.0 Å². The molecule has 3 heteroatoms. The van der Waals surface area contributed by atoms with Gasteiger partial charge in [-0.15, -0.1) is 0 Å². The first-order valence-corrected chi connectivity index (χ1v) is 6.29. The first kappa shape index (κ1) is 15.0. The van der Waals surface area contributed by atoms with Crippen LogP contribution in [-0.4, -0.2) is 9.55 Å². The molecule has 90 valence electrons. The minimum absolute atomic E-state index is 0.778. The molecule has 0 N–H and O–H groups in total. The first-order valence-electron chi connectivity index (χ1n) is 5.91. The van der Waals surface area contributed by atoms with Crippen molar-refractivity contribution < 1.29 is 0 Å². The van der Waals surface area contributed by atoms with E-state index in [1.807, 2.05) is 40.0 Å². The number of nitrogens with zero attached hydrogens (tertiary/aromatic N) is 2. The third-order valence-electron chi connectivity index (χ3n) is 1.97. The quantitative estimate of drug-likeness (QED) is 0.703. The molecule has 0 bridgehead atoms. The number of rotatable bonds is 1. The van der Waals surface area contributed by atoms with Gasteiger partial charge in [0.15, 0.2) is 0 Å². The van der Waals surface area contributed by atoms with Gasteiger partial charge in [-0.25, -0.2) is 0 Å². The van der Waals surface area contributed by atoms with Gasteiger partial charge in [0.1, 0.15) is 0 Å². The van der Waals surface area contributed by atoms with E-state index in [2.05, 4.69) is 16.5 Å². The molecular formula is C13H21ClN2. The van der Waals surface area contributed by atoms with Crippen molar-refractivity contribution in [1.29, 1.82) is 0 Å². The molecule has 0 unspecified atom stereocenters. The van der Waals surface area contributed by atoms with Crippen molar-refractivity contribution in [3.63, 3.8) is 0 Å². The van der Waals surface area contributed by atoms with Crippen LogP contribution in [0.25, 0.3) is 10.9 Å². The Labute approximate surface area is 103 Å². The molecule has 0 aromatic carbocycles. The van der Waals surface area contributed by atoms with Crippen LogP contribution < -0.4 is 0 Å². The van der Waals surface area contributed by atoms with Crippen molar-refractivity contribution >= 4 is 22.5 Å². The van der Waals surface area contributed by atoms with Crippen molar-refractivity contribution in [3.05, 3.63) is 29.7 Å². The number of aryl methyl sites for hydroxylation is 1. The van der Waals surface area contributed by atoms with E-state index >= 15 is 0 Å². The molecule has 0 aliphatic heterocycles. The molecule has 2 nitrogen and oxygen atoms in total. The van der Waals surface area contributed by atoms with E-state index in [1.54, 1.807) is 12.4 Å². The molecule has 0 spiro atoms. The fourth-order valence-corrected chi connectivity index (χ4v) is 1.62. The lowest BCUT2D eigenvalue weighted by Crippen LogP contribution is -1.89. The van der Waals surface area contributed by atoms with E-state index in [4.69, 9.17) is 11.6 Å². The van der Waals surface area contributed by atoms with Crippen molar-refractivity contribution in [2.24, 2.45) is 0 Å². The molecule has 0 saturated carbocycles. The Morgan fingerprint density at radius 2 is 1.88 bits per heavy atom. The Kier molecular flexibility index (Phi) is 7.65. The predicted molar refractivity (Wildman–Crippen MR) is 73.1 cm³/mol. The zero-order chi connectivity index (χ0) is 12.6. The van der Waals surface area contributed by atoms with E-state index in [-0.39, 0.29) is 0 Å². The molecular weight excluding hydrogens is 220 g/mol. The summed E-state index contributed by atoms with van der Waals surface area (Å²) in [5, 5.41) is 1.81. The van der Waals surface area contributed by atoms with E-state index < -0.39 is 0 Å². The van der Waals surface area contributed by atoms with Gasteiger partial charge >= 0.3 is 0 Å². The summed E-state index contributed by atoms with van der Waals surface area (Å²) in [5.74, 6) is 0. The highest BCUT2D eigenvalue weighted by Crippen LogP contribution is 2.24. The topological polar surface area (TPSA) is 17.8 Å². The van der Waals surface area contributed by atoms with Gasteiger partial charge in [0.25, 0.3) is 0 Å². The number of hydrogen-bond acceptors (Lipinski definition) is 1. The van der Waals surface area contributed by atoms with Crippen molar-refractivity contribution in [2.75, 3.05) is 0 Å². The van der Waals surface area contributed by atoms with Crippen LogP contribution in [0, 0.1) is 0 Å². The fraction of sp³-hybridized carbons (Fsp3) is 0.462. The van der Waals surface area contributed by atoms with Gasteiger partial charge in [0, 0.05) is 30.5 Å². The minimum Gasteiger partial charge on any atom is -0.346 e. The lowest BCUT2D eigenvalue weighted by atomic mass is 10.3. The monoisotopic (exact) mass is 240 g/mol. The summed E-state index contributed by atoms with van der Waals surface area (Å²) in [5.41, 5.74) is 1.15. The minimum atomic E-state index is 0.778. The van der Waals surface area contributed by atoms with E-state index in [9.17, 15) is 0 Å². The van der Waals surface area contributed by atoms with Crippen LogP contribution in [0.1, 0.15) is 34.6 Å². The zero-order valence-corrected chi connectivity index (χ0v) is 11.5. The lowest BCUT2D eigenvalue weighted by molar-refractivity contribution is 0.797. The summed E-state index contributed by atoms with van der Waals surface area (Å²) in [7, 11) is 0. The standard InChI is InChI=1S/C9H9ClN2.2C2H6/c1-2-12-6-8(10)7-5-11-4-3-9(7)12;2*1-2/h3-6H,2H2,1H3;2*1-2H3. The highest BCUT2D eigenvalue weighted by atomic mass is 35.5. The molecule has 0 radical (unpaired) electrons. The highest BCUT2D eigenvalue weighted by molar-refractivity contribution is 6.35. The second kappa shape index (κ2) is 8.17. The van der Waals surface area contributed by atoms with Gasteiger partial charge in [0.05, 0.1) is 10.5 Å². The van der Waals surface area contributed by atoms with Crippen molar-refractivity contribution in [3.8, 4) is 0 Å². The average molecular weight is 241 g/mol. The average Bonchev–Trinajstić information content (AvgIpc) is 2.72. The molecule has 0 atom stereocenters.